The van der Waals surface area contributed by atoms with E-state index in [1.165, 1.54) is 12.1 Å². The molecule has 4 aromatic rings. The number of halogens is 1. The first-order valence-electron chi connectivity index (χ1n) is 9.15. The summed E-state index contributed by atoms with van der Waals surface area (Å²) < 4.78 is 19.4. The number of nitrogens with one attached hydrogen (secondary N) is 2. The fourth-order valence-corrected chi connectivity index (χ4v) is 3.95. The monoisotopic (exact) mass is 392 g/mol. The standard InChI is InChI=1S/C21H17FN4O3/c1-26(21(28)11-2-5-16-12(6-11)8-23-25-16)18-10-29-9-17-19(18)14-4-3-13(22)7-15(14)20(27)24-17/h2-8,18H,9-10H2,1H3,(H,23,25)(H,24,27). The summed E-state index contributed by atoms with van der Waals surface area (Å²) in [5.41, 5.74) is 2.39. The molecule has 1 aliphatic rings. The molecule has 0 radical (unpaired) electrons. The molecule has 0 aliphatic carbocycles. The zero-order chi connectivity index (χ0) is 20.1. The first-order valence-corrected chi connectivity index (χ1v) is 9.15. The number of H-pyrrole nitrogens is 2. The van der Waals surface area contributed by atoms with Crippen LogP contribution in [-0.2, 0) is 11.3 Å². The van der Waals surface area contributed by atoms with Crippen molar-refractivity contribution in [1.82, 2.24) is 20.1 Å². The lowest BCUT2D eigenvalue weighted by molar-refractivity contribution is 0.0336. The smallest absolute Gasteiger partial charge is 0.256 e. The van der Waals surface area contributed by atoms with Crippen LogP contribution in [0, 0.1) is 5.82 Å². The van der Waals surface area contributed by atoms with Crippen LogP contribution in [0.4, 0.5) is 4.39 Å². The highest BCUT2D eigenvalue weighted by Crippen LogP contribution is 2.33. The second-order valence-electron chi connectivity index (χ2n) is 7.16. The molecule has 1 atom stereocenters. The van der Waals surface area contributed by atoms with Gasteiger partial charge < -0.3 is 14.6 Å². The number of aromatic amines is 2. The molecule has 146 valence electrons. The number of pyridine rings is 1. The van der Waals surface area contributed by atoms with Crippen LogP contribution in [0.3, 0.4) is 0 Å². The van der Waals surface area contributed by atoms with Gasteiger partial charge in [0, 0.05) is 29.3 Å². The number of hydrogen-bond acceptors (Lipinski definition) is 4. The van der Waals surface area contributed by atoms with Gasteiger partial charge in [-0.25, -0.2) is 4.39 Å². The van der Waals surface area contributed by atoms with E-state index in [1.54, 1.807) is 36.3 Å². The number of benzene rings is 2. The van der Waals surface area contributed by atoms with Crippen LogP contribution >= 0.6 is 0 Å². The van der Waals surface area contributed by atoms with Crippen molar-refractivity contribution in [1.29, 1.82) is 0 Å². The summed E-state index contributed by atoms with van der Waals surface area (Å²) in [5, 5.41) is 8.57. The van der Waals surface area contributed by atoms with E-state index in [0.29, 0.717) is 16.6 Å². The Morgan fingerprint density at radius 3 is 2.97 bits per heavy atom. The van der Waals surface area contributed by atoms with Gasteiger partial charge in [-0.1, -0.05) is 6.07 Å². The molecule has 0 saturated heterocycles. The van der Waals surface area contributed by atoms with Gasteiger partial charge in [0.1, 0.15) is 5.82 Å². The molecule has 0 bridgehead atoms. The van der Waals surface area contributed by atoms with Crippen molar-refractivity contribution in [2.45, 2.75) is 12.6 Å². The van der Waals surface area contributed by atoms with Gasteiger partial charge in [-0.05, 0) is 35.7 Å². The zero-order valence-electron chi connectivity index (χ0n) is 15.5. The Bertz CT molecular complexity index is 1330. The van der Waals surface area contributed by atoms with E-state index in [1.807, 2.05) is 6.07 Å². The van der Waals surface area contributed by atoms with Gasteiger partial charge in [0.25, 0.3) is 11.5 Å². The molecule has 8 heteroatoms. The molecule has 0 fully saturated rings. The largest absolute Gasteiger partial charge is 0.373 e. The minimum atomic E-state index is -0.482. The Balaban J connectivity index is 1.60. The van der Waals surface area contributed by atoms with E-state index >= 15 is 0 Å². The Morgan fingerprint density at radius 1 is 1.24 bits per heavy atom. The number of hydrogen-bond donors (Lipinski definition) is 2. The number of amides is 1. The Morgan fingerprint density at radius 2 is 2.10 bits per heavy atom. The summed E-state index contributed by atoms with van der Waals surface area (Å²) in [5.74, 6) is -0.666. The second kappa shape index (κ2) is 6.52. The number of aromatic nitrogens is 3. The SMILES string of the molecule is CN(C(=O)c1ccc2[nH]ncc2c1)C1COCc2[nH]c(=O)c3cc(F)ccc3c21. The van der Waals surface area contributed by atoms with Gasteiger partial charge in [-0.2, -0.15) is 5.10 Å². The molecule has 0 saturated carbocycles. The summed E-state index contributed by atoms with van der Waals surface area (Å²) in [6.45, 7) is 0.513. The fourth-order valence-electron chi connectivity index (χ4n) is 3.95. The van der Waals surface area contributed by atoms with Gasteiger partial charge in [0.15, 0.2) is 0 Å². The summed E-state index contributed by atoms with van der Waals surface area (Å²) in [6.07, 6.45) is 1.66. The second-order valence-corrected chi connectivity index (χ2v) is 7.16. The Hall–Kier alpha value is -3.52. The molecule has 5 rings (SSSR count). The average Bonchev–Trinajstić information content (AvgIpc) is 3.20. The van der Waals surface area contributed by atoms with Gasteiger partial charge in [0.2, 0.25) is 0 Å². The molecule has 0 spiro atoms. The first-order chi connectivity index (χ1) is 14.0. The molecular formula is C21H17FN4O3. The summed E-state index contributed by atoms with van der Waals surface area (Å²) in [4.78, 5) is 29.9. The van der Waals surface area contributed by atoms with Crippen LogP contribution < -0.4 is 5.56 Å². The van der Waals surface area contributed by atoms with Crippen LogP contribution in [0.2, 0.25) is 0 Å². The van der Waals surface area contributed by atoms with Crippen molar-refractivity contribution < 1.29 is 13.9 Å². The molecule has 1 amide bonds. The third-order valence-corrected chi connectivity index (χ3v) is 5.44. The number of carbonyl (C=O) groups excluding carboxylic acids is 1. The van der Waals surface area contributed by atoms with E-state index < -0.39 is 11.9 Å². The van der Waals surface area contributed by atoms with E-state index in [4.69, 9.17) is 4.74 Å². The third kappa shape index (κ3) is 2.80. The quantitative estimate of drug-likeness (QED) is 0.549. The van der Waals surface area contributed by atoms with Crippen LogP contribution in [0.25, 0.3) is 21.7 Å². The number of likely N-dealkylation sites (N-methyl/N-ethyl adjacent to an activating group) is 1. The summed E-state index contributed by atoms with van der Waals surface area (Å²) in [6, 6.07) is 9.04. The maximum atomic E-state index is 13.7. The maximum absolute atomic E-state index is 13.7. The van der Waals surface area contributed by atoms with E-state index in [-0.39, 0.29) is 30.1 Å². The summed E-state index contributed by atoms with van der Waals surface area (Å²) >= 11 is 0. The lowest BCUT2D eigenvalue weighted by Gasteiger charge is -2.34. The highest BCUT2D eigenvalue weighted by Gasteiger charge is 2.31. The number of carbonyl (C=O) groups is 1. The minimum Gasteiger partial charge on any atom is -0.373 e. The average molecular weight is 392 g/mol. The Labute approximate surface area is 164 Å². The van der Waals surface area contributed by atoms with Crippen LogP contribution in [-0.4, -0.2) is 39.6 Å². The zero-order valence-corrected chi connectivity index (χ0v) is 15.5. The summed E-state index contributed by atoms with van der Waals surface area (Å²) in [7, 11) is 1.70. The van der Waals surface area contributed by atoms with Crippen molar-refractivity contribution in [3.05, 3.63) is 75.6 Å². The number of rotatable bonds is 2. The molecule has 2 aromatic carbocycles. The molecule has 1 aliphatic heterocycles. The lowest BCUT2D eigenvalue weighted by atomic mass is 9.95. The number of fused-ring (bicyclic) bond motifs is 4. The van der Waals surface area contributed by atoms with Gasteiger partial charge >= 0.3 is 0 Å². The normalized spacial score (nSPS) is 16.1. The predicted molar refractivity (Wildman–Crippen MR) is 105 cm³/mol. The third-order valence-electron chi connectivity index (χ3n) is 5.44. The molecule has 2 aromatic heterocycles. The van der Waals surface area contributed by atoms with Crippen molar-refractivity contribution in [2.75, 3.05) is 13.7 Å². The molecule has 3 heterocycles. The van der Waals surface area contributed by atoms with Crippen molar-refractivity contribution in [3.63, 3.8) is 0 Å². The van der Waals surface area contributed by atoms with Crippen molar-refractivity contribution in [3.8, 4) is 0 Å². The molecular weight excluding hydrogens is 375 g/mol. The predicted octanol–water partition coefficient (Wildman–Crippen LogP) is 2.89. The van der Waals surface area contributed by atoms with E-state index in [0.717, 1.165) is 16.5 Å². The minimum absolute atomic E-state index is 0.184. The maximum Gasteiger partial charge on any atom is 0.256 e. The van der Waals surface area contributed by atoms with E-state index in [9.17, 15) is 14.0 Å². The van der Waals surface area contributed by atoms with Gasteiger partial charge in [-0.15, -0.1) is 0 Å². The molecule has 2 N–H and O–H groups in total. The fraction of sp³-hybridized carbons (Fsp3) is 0.190. The first kappa shape index (κ1) is 17.6. The number of ether oxygens (including phenoxy) is 1. The topological polar surface area (TPSA) is 91.1 Å². The van der Waals surface area contributed by atoms with Crippen LogP contribution in [0.5, 0.6) is 0 Å². The molecule has 7 nitrogen and oxygen atoms in total. The molecule has 29 heavy (non-hydrogen) atoms. The van der Waals surface area contributed by atoms with Crippen molar-refractivity contribution in [2.24, 2.45) is 0 Å². The Kier molecular flexibility index (Phi) is 3.95. The highest BCUT2D eigenvalue weighted by atomic mass is 19.1. The molecule has 1 unspecified atom stereocenters. The van der Waals surface area contributed by atoms with Crippen molar-refractivity contribution >= 4 is 27.6 Å². The van der Waals surface area contributed by atoms with Gasteiger partial charge in [-0.3, -0.25) is 14.7 Å². The highest BCUT2D eigenvalue weighted by molar-refractivity contribution is 5.98. The van der Waals surface area contributed by atoms with Crippen LogP contribution in [0.1, 0.15) is 27.7 Å². The van der Waals surface area contributed by atoms with E-state index in [2.05, 4.69) is 15.2 Å². The number of nitrogens with zero attached hydrogens (tertiary/aromatic N) is 2. The van der Waals surface area contributed by atoms with Gasteiger partial charge in [0.05, 0.1) is 36.4 Å². The lowest BCUT2D eigenvalue weighted by Crippen LogP contribution is -2.37. The van der Waals surface area contributed by atoms with Crippen LogP contribution in [0.15, 0.2) is 47.4 Å².